The number of hydrogen-bond acceptors (Lipinski definition) is 4. The molecule has 1 aromatic rings. The molecule has 0 unspecified atom stereocenters. The summed E-state index contributed by atoms with van der Waals surface area (Å²) in [5.41, 5.74) is 6.29. The molecule has 0 heterocycles. The number of rotatable bonds is 5. The van der Waals surface area contributed by atoms with Crippen LogP contribution in [-0.4, -0.2) is 33.4 Å². The van der Waals surface area contributed by atoms with Crippen LogP contribution in [0, 0.1) is 12.3 Å². The summed E-state index contributed by atoms with van der Waals surface area (Å²) in [6.45, 7) is 0.320. The van der Waals surface area contributed by atoms with Gasteiger partial charge < -0.3 is 10.5 Å². The van der Waals surface area contributed by atoms with Gasteiger partial charge >= 0.3 is 0 Å². The third-order valence-corrected chi connectivity index (χ3v) is 4.31. The van der Waals surface area contributed by atoms with E-state index in [1.807, 2.05) is 0 Å². The van der Waals surface area contributed by atoms with Crippen LogP contribution in [0.25, 0.3) is 0 Å². The Bertz CT molecular complexity index is 561. The summed E-state index contributed by atoms with van der Waals surface area (Å²) in [5, 5.41) is 0. The van der Waals surface area contributed by atoms with E-state index in [9.17, 15) is 8.42 Å². The zero-order valence-corrected chi connectivity index (χ0v) is 11.2. The van der Waals surface area contributed by atoms with E-state index in [2.05, 4.69) is 5.92 Å². The van der Waals surface area contributed by atoms with E-state index in [1.165, 1.54) is 20.2 Å². The topological polar surface area (TPSA) is 72.6 Å². The van der Waals surface area contributed by atoms with Crippen molar-refractivity contribution in [2.24, 2.45) is 5.73 Å². The highest BCUT2D eigenvalue weighted by Crippen LogP contribution is 2.27. The minimum absolute atomic E-state index is 0.00410. The molecule has 0 saturated carbocycles. The van der Waals surface area contributed by atoms with Crippen molar-refractivity contribution in [1.29, 1.82) is 0 Å². The molecule has 0 bridgehead atoms. The van der Waals surface area contributed by atoms with E-state index >= 15 is 0 Å². The van der Waals surface area contributed by atoms with E-state index in [-0.39, 0.29) is 17.2 Å². The van der Waals surface area contributed by atoms with Crippen molar-refractivity contribution in [2.75, 3.05) is 20.7 Å². The molecule has 0 aliphatic rings. The van der Waals surface area contributed by atoms with Crippen LogP contribution in [0.3, 0.4) is 0 Å². The predicted octanol–water partition coefficient (Wildman–Crippen LogP) is 0.408. The first-order valence-corrected chi connectivity index (χ1v) is 6.68. The van der Waals surface area contributed by atoms with Crippen molar-refractivity contribution in [2.45, 2.75) is 11.4 Å². The molecule has 0 atom stereocenters. The molecule has 2 N–H and O–H groups in total. The summed E-state index contributed by atoms with van der Waals surface area (Å²) in [4.78, 5) is 0.0833. The van der Waals surface area contributed by atoms with Gasteiger partial charge in [-0.1, -0.05) is 12.0 Å². The van der Waals surface area contributed by atoms with Gasteiger partial charge in [-0.2, -0.15) is 4.31 Å². The number of sulfonamides is 1. The van der Waals surface area contributed by atoms with Crippen LogP contribution >= 0.6 is 0 Å². The number of methoxy groups -OCH3 is 1. The van der Waals surface area contributed by atoms with Crippen molar-refractivity contribution in [3.8, 4) is 18.1 Å². The molecule has 1 aromatic carbocycles. The van der Waals surface area contributed by atoms with Gasteiger partial charge in [0.25, 0.3) is 0 Å². The van der Waals surface area contributed by atoms with Gasteiger partial charge in [-0.3, -0.25) is 0 Å². The number of benzene rings is 1. The molecule has 0 amide bonds. The van der Waals surface area contributed by atoms with E-state index in [0.717, 1.165) is 9.87 Å². The Morgan fingerprint density at radius 1 is 1.50 bits per heavy atom. The maximum Gasteiger partial charge on any atom is 0.247 e. The number of terminal acetylenes is 1. The van der Waals surface area contributed by atoms with Crippen LogP contribution < -0.4 is 10.5 Å². The summed E-state index contributed by atoms with van der Waals surface area (Å²) < 4.78 is 30.6. The minimum atomic E-state index is -3.64. The second kappa shape index (κ2) is 5.87. The molecule has 0 fully saturated rings. The largest absolute Gasteiger partial charge is 0.495 e. The van der Waals surface area contributed by atoms with Crippen LogP contribution in [0.2, 0.25) is 0 Å². The quantitative estimate of drug-likeness (QED) is 0.785. The Morgan fingerprint density at radius 3 is 2.67 bits per heavy atom. The van der Waals surface area contributed by atoms with Crippen molar-refractivity contribution in [3.05, 3.63) is 23.8 Å². The molecule has 18 heavy (non-hydrogen) atoms. The lowest BCUT2D eigenvalue weighted by atomic mass is 10.2. The van der Waals surface area contributed by atoms with Crippen molar-refractivity contribution in [1.82, 2.24) is 4.31 Å². The first kappa shape index (κ1) is 14.5. The Kier molecular flexibility index (Phi) is 4.73. The highest BCUT2D eigenvalue weighted by Gasteiger charge is 2.24. The van der Waals surface area contributed by atoms with Gasteiger partial charge in [0.15, 0.2) is 0 Å². The minimum Gasteiger partial charge on any atom is -0.495 e. The lowest BCUT2D eigenvalue weighted by molar-refractivity contribution is 0.399. The molecule has 0 radical (unpaired) electrons. The van der Waals surface area contributed by atoms with E-state index in [1.54, 1.807) is 12.1 Å². The van der Waals surface area contributed by atoms with Gasteiger partial charge in [0.1, 0.15) is 10.6 Å². The van der Waals surface area contributed by atoms with Crippen LogP contribution in [0.5, 0.6) is 5.75 Å². The number of nitrogens with two attached hydrogens (primary N) is 1. The highest BCUT2D eigenvalue weighted by atomic mass is 32.2. The van der Waals surface area contributed by atoms with Crippen LogP contribution in [-0.2, 0) is 16.6 Å². The second-order valence-corrected chi connectivity index (χ2v) is 5.67. The Balaban J connectivity index is 3.29. The van der Waals surface area contributed by atoms with Gasteiger partial charge in [0.2, 0.25) is 10.0 Å². The van der Waals surface area contributed by atoms with Crippen molar-refractivity contribution < 1.29 is 13.2 Å². The van der Waals surface area contributed by atoms with Gasteiger partial charge in [-0.15, -0.1) is 6.42 Å². The molecular weight excluding hydrogens is 252 g/mol. The lowest BCUT2D eigenvalue weighted by Crippen LogP contribution is -2.27. The summed E-state index contributed by atoms with van der Waals surface area (Å²) in [5.74, 6) is 2.55. The third-order valence-electron chi connectivity index (χ3n) is 2.47. The highest BCUT2D eigenvalue weighted by molar-refractivity contribution is 7.89. The van der Waals surface area contributed by atoms with Crippen LogP contribution in [0.15, 0.2) is 23.1 Å². The molecule has 0 aromatic heterocycles. The Labute approximate surface area is 108 Å². The number of ether oxygens (including phenoxy) is 1. The molecule has 0 saturated heterocycles. The van der Waals surface area contributed by atoms with Gasteiger partial charge in [-0.05, 0) is 17.7 Å². The average molecular weight is 268 g/mol. The fourth-order valence-electron chi connectivity index (χ4n) is 1.43. The molecule has 0 spiro atoms. The fraction of sp³-hybridized carbons (Fsp3) is 0.333. The lowest BCUT2D eigenvalue weighted by Gasteiger charge is -2.17. The SMILES string of the molecule is C#CCN(C)S(=O)(=O)c1ccc(CN)cc1OC. The number of nitrogens with zero attached hydrogens (tertiary/aromatic N) is 1. The van der Waals surface area contributed by atoms with E-state index in [0.29, 0.717) is 6.54 Å². The van der Waals surface area contributed by atoms with Gasteiger partial charge in [0.05, 0.1) is 13.7 Å². The first-order chi connectivity index (χ1) is 8.47. The monoisotopic (exact) mass is 268 g/mol. The van der Waals surface area contributed by atoms with Gasteiger partial charge in [-0.25, -0.2) is 8.42 Å². The normalized spacial score (nSPS) is 11.3. The molecule has 1 rings (SSSR count). The smallest absolute Gasteiger partial charge is 0.247 e. The fourth-order valence-corrected chi connectivity index (χ4v) is 2.65. The summed E-state index contributed by atoms with van der Waals surface area (Å²) in [6, 6.07) is 4.74. The standard InChI is InChI=1S/C12H16N2O3S/c1-4-7-14(2)18(15,16)12-6-5-10(9-13)8-11(12)17-3/h1,5-6,8H,7,9,13H2,2-3H3. The second-order valence-electron chi connectivity index (χ2n) is 3.65. The summed E-state index contributed by atoms with van der Waals surface area (Å²) in [6.07, 6.45) is 5.12. The van der Waals surface area contributed by atoms with Crippen molar-refractivity contribution >= 4 is 10.0 Å². The Hall–Kier alpha value is -1.55. The maximum atomic E-state index is 12.2. The van der Waals surface area contributed by atoms with E-state index in [4.69, 9.17) is 16.9 Å². The zero-order valence-electron chi connectivity index (χ0n) is 10.4. The summed E-state index contributed by atoms with van der Waals surface area (Å²) >= 11 is 0. The molecule has 6 heteroatoms. The number of hydrogen-bond donors (Lipinski definition) is 1. The molecular formula is C12H16N2O3S. The van der Waals surface area contributed by atoms with Crippen LogP contribution in [0.4, 0.5) is 0 Å². The first-order valence-electron chi connectivity index (χ1n) is 5.24. The molecule has 98 valence electrons. The van der Waals surface area contributed by atoms with E-state index < -0.39 is 10.0 Å². The zero-order chi connectivity index (χ0) is 13.8. The predicted molar refractivity (Wildman–Crippen MR) is 69.5 cm³/mol. The van der Waals surface area contributed by atoms with Gasteiger partial charge in [0, 0.05) is 13.6 Å². The summed E-state index contributed by atoms with van der Waals surface area (Å²) in [7, 11) is -0.809. The Morgan fingerprint density at radius 2 is 2.17 bits per heavy atom. The molecule has 0 aliphatic carbocycles. The van der Waals surface area contributed by atoms with Crippen molar-refractivity contribution in [3.63, 3.8) is 0 Å². The average Bonchev–Trinajstić information content (AvgIpc) is 2.38. The molecule has 0 aliphatic heterocycles. The van der Waals surface area contributed by atoms with Crippen LogP contribution in [0.1, 0.15) is 5.56 Å². The molecule has 5 nitrogen and oxygen atoms in total. The third kappa shape index (κ3) is 2.82. The maximum absolute atomic E-state index is 12.2.